The third-order valence-electron chi connectivity index (χ3n) is 3.99. The summed E-state index contributed by atoms with van der Waals surface area (Å²) < 4.78 is 38.4. The van der Waals surface area contributed by atoms with Gasteiger partial charge in [0.2, 0.25) is 15.9 Å². The van der Waals surface area contributed by atoms with E-state index in [0.717, 1.165) is 10.0 Å². The quantitative estimate of drug-likeness (QED) is 0.570. The number of halogens is 1. The first-order valence-electron chi connectivity index (χ1n) is 8.94. The minimum Gasteiger partial charge on any atom is -0.493 e. The highest BCUT2D eigenvalue weighted by atomic mass is 79.9. The van der Waals surface area contributed by atoms with Crippen molar-refractivity contribution < 1.29 is 22.7 Å². The molecule has 0 radical (unpaired) electrons. The van der Waals surface area contributed by atoms with E-state index in [1.165, 1.54) is 13.2 Å². The van der Waals surface area contributed by atoms with Crippen molar-refractivity contribution in [2.24, 2.45) is 0 Å². The van der Waals surface area contributed by atoms with Crippen molar-refractivity contribution in [3.05, 3.63) is 52.0 Å². The lowest BCUT2D eigenvalue weighted by Crippen LogP contribution is -2.30. The van der Waals surface area contributed by atoms with Crippen LogP contribution in [0.5, 0.6) is 11.5 Å². The van der Waals surface area contributed by atoms with Gasteiger partial charge in [-0.3, -0.25) is 4.79 Å². The van der Waals surface area contributed by atoms with E-state index in [0.29, 0.717) is 17.1 Å². The molecule has 0 saturated heterocycles. The van der Waals surface area contributed by atoms with Gasteiger partial charge in [0, 0.05) is 17.1 Å². The summed E-state index contributed by atoms with van der Waals surface area (Å²) in [5.41, 5.74) is 1.44. The summed E-state index contributed by atoms with van der Waals surface area (Å²) >= 11 is 3.44. The zero-order valence-electron chi connectivity index (χ0n) is 16.8. The standard InChI is InChI=1S/C20H25BrN2O5S/c1-13(2)23-29(25,26)16-7-5-6-14(8-16)12-22-20(24)10-15-9-18(27-3)19(28-4)11-17(15)21/h5-9,11,13,23H,10,12H2,1-4H3,(H,22,24). The number of hydrogen-bond acceptors (Lipinski definition) is 5. The molecule has 7 nitrogen and oxygen atoms in total. The van der Waals surface area contributed by atoms with E-state index in [4.69, 9.17) is 9.47 Å². The van der Waals surface area contributed by atoms with Crippen LogP contribution in [0.4, 0.5) is 0 Å². The van der Waals surface area contributed by atoms with Crippen molar-refractivity contribution in [1.82, 2.24) is 10.0 Å². The van der Waals surface area contributed by atoms with Crippen LogP contribution in [-0.4, -0.2) is 34.6 Å². The van der Waals surface area contributed by atoms with E-state index >= 15 is 0 Å². The Morgan fingerprint density at radius 2 is 1.76 bits per heavy atom. The number of methoxy groups -OCH3 is 2. The topological polar surface area (TPSA) is 93.7 Å². The molecule has 0 aromatic heterocycles. The largest absolute Gasteiger partial charge is 0.493 e. The number of sulfonamides is 1. The van der Waals surface area contributed by atoms with Crippen molar-refractivity contribution in [1.29, 1.82) is 0 Å². The second-order valence-electron chi connectivity index (χ2n) is 6.68. The van der Waals surface area contributed by atoms with Gasteiger partial charge < -0.3 is 14.8 Å². The lowest BCUT2D eigenvalue weighted by Gasteiger charge is -2.13. The van der Waals surface area contributed by atoms with E-state index in [-0.39, 0.29) is 29.8 Å². The Labute approximate surface area is 180 Å². The number of amides is 1. The smallest absolute Gasteiger partial charge is 0.240 e. The fraction of sp³-hybridized carbons (Fsp3) is 0.350. The molecule has 0 aliphatic carbocycles. The highest BCUT2D eigenvalue weighted by Crippen LogP contribution is 2.33. The predicted molar refractivity (Wildman–Crippen MR) is 115 cm³/mol. The van der Waals surface area contributed by atoms with Crippen molar-refractivity contribution in [3.63, 3.8) is 0 Å². The molecule has 9 heteroatoms. The van der Waals surface area contributed by atoms with Gasteiger partial charge in [-0.05, 0) is 49.2 Å². The average molecular weight is 485 g/mol. The number of hydrogen-bond donors (Lipinski definition) is 2. The number of carbonyl (C=O) groups excluding carboxylic acids is 1. The molecule has 0 saturated carbocycles. The molecule has 0 bridgehead atoms. The molecule has 2 aromatic rings. The summed E-state index contributed by atoms with van der Waals surface area (Å²) in [6.07, 6.45) is 0.133. The first-order valence-corrected chi connectivity index (χ1v) is 11.2. The van der Waals surface area contributed by atoms with Crippen LogP contribution in [0.3, 0.4) is 0 Å². The maximum atomic E-state index is 12.4. The average Bonchev–Trinajstić information content (AvgIpc) is 2.67. The molecule has 2 rings (SSSR count). The maximum absolute atomic E-state index is 12.4. The molecule has 2 N–H and O–H groups in total. The Morgan fingerprint density at radius 3 is 2.38 bits per heavy atom. The lowest BCUT2D eigenvalue weighted by atomic mass is 10.1. The van der Waals surface area contributed by atoms with Gasteiger partial charge in [-0.15, -0.1) is 0 Å². The van der Waals surface area contributed by atoms with Crippen LogP contribution in [-0.2, 0) is 27.8 Å². The number of rotatable bonds is 9. The van der Waals surface area contributed by atoms with Crippen molar-refractivity contribution in [3.8, 4) is 11.5 Å². The highest BCUT2D eigenvalue weighted by Gasteiger charge is 2.16. The number of nitrogens with one attached hydrogen (secondary N) is 2. The summed E-state index contributed by atoms with van der Waals surface area (Å²) in [5.74, 6) is 0.900. The minimum atomic E-state index is -3.58. The maximum Gasteiger partial charge on any atom is 0.240 e. The van der Waals surface area contributed by atoms with Crippen molar-refractivity contribution >= 4 is 31.9 Å². The first-order chi connectivity index (χ1) is 13.7. The molecule has 0 fully saturated rings. The van der Waals surface area contributed by atoms with E-state index < -0.39 is 10.0 Å². The molecule has 0 aliphatic heterocycles. The normalized spacial score (nSPS) is 11.4. The molecule has 2 aromatic carbocycles. The number of ether oxygens (including phenoxy) is 2. The SMILES string of the molecule is COc1cc(Br)c(CC(=O)NCc2cccc(S(=O)(=O)NC(C)C)c2)cc1OC. The van der Waals surface area contributed by atoms with Gasteiger partial charge in [0.25, 0.3) is 0 Å². The van der Waals surface area contributed by atoms with Crippen LogP contribution in [0.15, 0.2) is 45.8 Å². The summed E-state index contributed by atoms with van der Waals surface area (Å²) in [4.78, 5) is 12.6. The van der Waals surface area contributed by atoms with Gasteiger partial charge in [-0.2, -0.15) is 0 Å². The monoisotopic (exact) mass is 484 g/mol. The molecule has 0 atom stereocenters. The Balaban J connectivity index is 2.06. The molecule has 0 heterocycles. The summed E-state index contributed by atoms with van der Waals surface area (Å²) in [5, 5.41) is 2.81. The Bertz CT molecular complexity index is 977. The summed E-state index contributed by atoms with van der Waals surface area (Å²) in [7, 11) is -0.508. The van der Waals surface area contributed by atoms with Gasteiger partial charge in [0.1, 0.15) is 0 Å². The van der Waals surface area contributed by atoms with Gasteiger partial charge in [0.15, 0.2) is 11.5 Å². The van der Waals surface area contributed by atoms with Gasteiger partial charge in [-0.25, -0.2) is 13.1 Å². The zero-order chi connectivity index (χ0) is 21.6. The summed E-state index contributed by atoms with van der Waals surface area (Å²) in [6.45, 7) is 3.73. The zero-order valence-corrected chi connectivity index (χ0v) is 19.2. The Kier molecular flexibility index (Phi) is 8.06. The highest BCUT2D eigenvalue weighted by molar-refractivity contribution is 9.10. The van der Waals surface area contributed by atoms with Crippen LogP contribution >= 0.6 is 15.9 Å². The van der Waals surface area contributed by atoms with Crippen LogP contribution < -0.4 is 19.5 Å². The van der Waals surface area contributed by atoms with E-state index in [1.807, 2.05) is 0 Å². The lowest BCUT2D eigenvalue weighted by molar-refractivity contribution is -0.120. The van der Waals surface area contributed by atoms with E-state index in [9.17, 15) is 13.2 Å². The van der Waals surface area contributed by atoms with E-state index in [1.54, 1.807) is 51.3 Å². The third-order valence-corrected chi connectivity index (χ3v) is 6.39. The van der Waals surface area contributed by atoms with E-state index in [2.05, 4.69) is 26.0 Å². The Morgan fingerprint density at radius 1 is 1.10 bits per heavy atom. The molecule has 158 valence electrons. The minimum absolute atomic E-state index is 0.133. The molecule has 29 heavy (non-hydrogen) atoms. The molecule has 1 amide bonds. The van der Waals surface area contributed by atoms with Gasteiger partial charge >= 0.3 is 0 Å². The first kappa shape index (κ1) is 23.2. The van der Waals surface area contributed by atoms with Gasteiger partial charge in [0.05, 0.1) is 25.5 Å². The fourth-order valence-electron chi connectivity index (χ4n) is 2.67. The fourth-order valence-corrected chi connectivity index (χ4v) is 4.45. The second-order valence-corrected chi connectivity index (χ2v) is 9.24. The van der Waals surface area contributed by atoms with Crippen LogP contribution in [0.25, 0.3) is 0 Å². The van der Waals surface area contributed by atoms with Crippen LogP contribution in [0.2, 0.25) is 0 Å². The second kappa shape index (κ2) is 10.1. The summed E-state index contributed by atoms with van der Waals surface area (Å²) in [6, 6.07) is 9.78. The predicted octanol–water partition coefficient (Wildman–Crippen LogP) is 3.01. The van der Waals surface area contributed by atoms with Crippen LogP contribution in [0.1, 0.15) is 25.0 Å². The molecule has 0 unspecified atom stereocenters. The number of benzene rings is 2. The molecular weight excluding hydrogens is 460 g/mol. The molecule has 0 spiro atoms. The molecular formula is C20H25BrN2O5S. The van der Waals surface area contributed by atoms with Crippen LogP contribution in [0, 0.1) is 0 Å². The molecule has 0 aliphatic rings. The third kappa shape index (κ3) is 6.45. The number of carbonyl (C=O) groups is 1. The van der Waals surface area contributed by atoms with Crippen molar-refractivity contribution in [2.45, 2.75) is 37.8 Å². The van der Waals surface area contributed by atoms with Crippen molar-refractivity contribution in [2.75, 3.05) is 14.2 Å². The Hall–Kier alpha value is -2.10. The van der Waals surface area contributed by atoms with Gasteiger partial charge in [-0.1, -0.05) is 28.1 Å².